The van der Waals surface area contributed by atoms with Crippen LogP contribution in [0.4, 0.5) is 5.69 Å². The summed E-state index contributed by atoms with van der Waals surface area (Å²) in [6, 6.07) is 9.70. The van der Waals surface area contributed by atoms with Crippen LogP contribution in [-0.2, 0) is 6.54 Å². The summed E-state index contributed by atoms with van der Waals surface area (Å²) >= 11 is 1.78. The Hall–Kier alpha value is -1.81. The lowest BCUT2D eigenvalue weighted by molar-refractivity contribution is 0.1000. The molecule has 18 heavy (non-hydrogen) atoms. The van der Waals surface area contributed by atoms with E-state index >= 15 is 0 Å². The lowest BCUT2D eigenvalue weighted by Crippen LogP contribution is -2.11. The molecular weight excluding hydrogens is 244 g/mol. The number of primary amides is 1. The Morgan fingerprint density at radius 3 is 2.61 bits per heavy atom. The molecule has 2 aromatic rings. The minimum absolute atomic E-state index is 0.390. The number of benzene rings is 1. The largest absolute Gasteiger partial charge is 0.380 e. The zero-order chi connectivity index (χ0) is 13.1. The van der Waals surface area contributed by atoms with Crippen molar-refractivity contribution < 1.29 is 4.79 Å². The second-order valence-electron chi connectivity index (χ2n) is 4.26. The maximum absolute atomic E-state index is 11.1. The molecule has 1 aromatic carbocycles. The van der Waals surface area contributed by atoms with E-state index in [9.17, 15) is 4.79 Å². The Labute approximate surface area is 111 Å². The van der Waals surface area contributed by atoms with Gasteiger partial charge in [0.1, 0.15) is 0 Å². The molecule has 0 aliphatic carbocycles. The highest BCUT2D eigenvalue weighted by molar-refractivity contribution is 7.11. The molecule has 0 aliphatic rings. The highest BCUT2D eigenvalue weighted by Gasteiger charge is 2.04. The molecule has 94 valence electrons. The van der Waals surface area contributed by atoms with Gasteiger partial charge in [-0.1, -0.05) is 0 Å². The quantitative estimate of drug-likeness (QED) is 0.887. The number of carbonyl (C=O) groups excluding carboxylic acids is 1. The van der Waals surface area contributed by atoms with Crippen LogP contribution in [0.3, 0.4) is 0 Å². The molecule has 0 saturated heterocycles. The van der Waals surface area contributed by atoms with Crippen LogP contribution >= 0.6 is 11.3 Å². The maximum Gasteiger partial charge on any atom is 0.248 e. The van der Waals surface area contributed by atoms with Gasteiger partial charge in [-0.05, 0) is 49.7 Å². The average Bonchev–Trinajstić information content (AvgIpc) is 2.73. The molecule has 0 saturated carbocycles. The normalized spacial score (nSPS) is 10.3. The summed E-state index contributed by atoms with van der Waals surface area (Å²) in [5.74, 6) is -0.390. The molecule has 1 amide bonds. The number of carbonyl (C=O) groups is 1. The fraction of sp³-hybridized carbons (Fsp3) is 0.214. The molecule has 1 heterocycles. The Morgan fingerprint density at radius 2 is 2.06 bits per heavy atom. The Kier molecular flexibility index (Phi) is 3.67. The molecule has 0 spiro atoms. The number of nitrogens with one attached hydrogen (secondary N) is 1. The van der Waals surface area contributed by atoms with Gasteiger partial charge in [0, 0.05) is 27.5 Å². The molecule has 0 fully saturated rings. The van der Waals surface area contributed by atoms with Crippen LogP contribution in [-0.4, -0.2) is 5.91 Å². The minimum Gasteiger partial charge on any atom is -0.380 e. The van der Waals surface area contributed by atoms with Gasteiger partial charge in [-0.2, -0.15) is 0 Å². The molecule has 4 heteroatoms. The third-order valence-corrected chi connectivity index (χ3v) is 3.76. The summed E-state index contributed by atoms with van der Waals surface area (Å²) in [6.45, 7) is 4.87. The molecule has 0 unspecified atom stereocenters. The van der Waals surface area contributed by atoms with Gasteiger partial charge in [0.25, 0.3) is 0 Å². The Balaban J connectivity index is 2.08. The van der Waals surface area contributed by atoms with E-state index in [2.05, 4.69) is 24.4 Å². The zero-order valence-corrected chi connectivity index (χ0v) is 11.3. The van der Waals surface area contributed by atoms with E-state index in [1.807, 2.05) is 19.1 Å². The molecule has 0 radical (unpaired) electrons. The predicted octanol–water partition coefficient (Wildman–Crippen LogP) is 3.08. The first-order chi connectivity index (χ1) is 8.56. The highest BCUT2D eigenvalue weighted by atomic mass is 32.1. The number of hydrogen-bond donors (Lipinski definition) is 2. The van der Waals surface area contributed by atoms with Crippen LogP contribution in [0, 0.1) is 13.8 Å². The summed E-state index contributed by atoms with van der Waals surface area (Å²) in [4.78, 5) is 13.7. The first-order valence-corrected chi connectivity index (χ1v) is 6.57. The number of hydrogen-bond acceptors (Lipinski definition) is 3. The minimum atomic E-state index is -0.390. The first-order valence-electron chi connectivity index (χ1n) is 5.76. The molecule has 3 N–H and O–H groups in total. The summed E-state index contributed by atoms with van der Waals surface area (Å²) in [6.07, 6.45) is 0. The SMILES string of the molecule is Cc1ccc(CNc2ccc(C(N)=O)cc2C)s1. The number of nitrogens with two attached hydrogens (primary N) is 1. The highest BCUT2D eigenvalue weighted by Crippen LogP contribution is 2.20. The van der Waals surface area contributed by atoms with Crippen molar-refractivity contribution in [1.82, 2.24) is 0 Å². The number of aryl methyl sites for hydroxylation is 2. The predicted molar refractivity (Wildman–Crippen MR) is 76.1 cm³/mol. The number of thiophene rings is 1. The molecule has 0 bridgehead atoms. The van der Waals surface area contributed by atoms with Crippen LogP contribution in [0.5, 0.6) is 0 Å². The number of amides is 1. The van der Waals surface area contributed by atoms with Gasteiger partial charge >= 0.3 is 0 Å². The Bertz CT molecular complexity index is 575. The van der Waals surface area contributed by atoms with E-state index in [-0.39, 0.29) is 0 Å². The van der Waals surface area contributed by atoms with E-state index in [0.29, 0.717) is 5.56 Å². The average molecular weight is 260 g/mol. The van der Waals surface area contributed by atoms with E-state index in [0.717, 1.165) is 17.8 Å². The maximum atomic E-state index is 11.1. The Morgan fingerprint density at radius 1 is 1.28 bits per heavy atom. The van der Waals surface area contributed by atoms with Crippen molar-refractivity contribution in [3.63, 3.8) is 0 Å². The van der Waals surface area contributed by atoms with Gasteiger partial charge in [0.05, 0.1) is 0 Å². The van der Waals surface area contributed by atoms with Crippen molar-refractivity contribution in [2.24, 2.45) is 5.73 Å². The van der Waals surface area contributed by atoms with Crippen molar-refractivity contribution in [1.29, 1.82) is 0 Å². The van der Waals surface area contributed by atoms with Crippen LogP contribution in [0.1, 0.15) is 25.7 Å². The third kappa shape index (κ3) is 2.90. The fourth-order valence-corrected chi connectivity index (χ4v) is 2.61. The lowest BCUT2D eigenvalue weighted by atomic mass is 10.1. The van der Waals surface area contributed by atoms with Crippen LogP contribution in [0.15, 0.2) is 30.3 Å². The monoisotopic (exact) mass is 260 g/mol. The lowest BCUT2D eigenvalue weighted by Gasteiger charge is -2.09. The second kappa shape index (κ2) is 5.23. The van der Waals surface area contributed by atoms with E-state index in [1.165, 1.54) is 9.75 Å². The molecular formula is C14H16N2OS. The van der Waals surface area contributed by atoms with E-state index in [4.69, 9.17) is 5.73 Å². The van der Waals surface area contributed by atoms with Gasteiger partial charge in [-0.25, -0.2) is 0 Å². The zero-order valence-electron chi connectivity index (χ0n) is 10.5. The van der Waals surface area contributed by atoms with Crippen molar-refractivity contribution in [2.75, 3.05) is 5.32 Å². The van der Waals surface area contributed by atoms with Gasteiger partial charge in [0.15, 0.2) is 0 Å². The van der Waals surface area contributed by atoms with Gasteiger partial charge in [-0.3, -0.25) is 4.79 Å². The number of rotatable bonds is 4. The smallest absolute Gasteiger partial charge is 0.248 e. The van der Waals surface area contributed by atoms with Crippen LogP contribution in [0.25, 0.3) is 0 Å². The topological polar surface area (TPSA) is 55.1 Å². The molecule has 0 atom stereocenters. The summed E-state index contributed by atoms with van der Waals surface area (Å²) in [5.41, 5.74) is 7.85. The second-order valence-corrected chi connectivity index (χ2v) is 5.63. The van der Waals surface area contributed by atoms with Gasteiger partial charge in [-0.15, -0.1) is 11.3 Å². The van der Waals surface area contributed by atoms with E-state index in [1.54, 1.807) is 17.4 Å². The summed E-state index contributed by atoms with van der Waals surface area (Å²) in [5, 5.41) is 3.37. The van der Waals surface area contributed by atoms with Crippen molar-refractivity contribution in [2.45, 2.75) is 20.4 Å². The fourth-order valence-electron chi connectivity index (χ4n) is 1.78. The molecule has 0 aliphatic heterocycles. The van der Waals surface area contributed by atoms with Gasteiger partial charge < -0.3 is 11.1 Å². The molecule has 1 aromatic heterocycles. The summed E-state index contributed by atoms with van der Waals surface area (Å²) in [7, 11) is 0. The third-order valence-electron chi connectivity index (χ3n) is 2.76. The first kappa shape index (κ1) is 12.6. The van der Waals surface area contributed by atoms with Crippen molar-refractivity contribution in [3.05, 3.63) is 51.2 Å². The van der Waals surface area contributed by atoms with Crippen LogP contribution < -0.4 is 11.1 Å². The molecule has 3 nitrogen and oxygen atoms in total. The van der Waals surface area contributed by atoms with Crippen molar-refractivity contribution >= 4 is 22.9 Å². The number of anilines is 1. The summed E-state index contributed by atoms with van der Waals surface area (Å²) < 4.78 is 0. The van der Waals surface area contributed by atoms with E-state index < -0.39 is 5.91 Å². The van der Waals surface area contributed by atoms with Gasteiger partial charge in [0.2, 0.25) is 5.91 Å². The standard InChI is InChI=1S/C14H16N2OS/c1-9-7-11(14(15)17)4-6-13(9)16-8-12-5-3-10(2)18-12/h3-7,16H,8H2,1-2H3,(H2,15,17). The van der Waals surface area contributed by atoms with Crippen LogP contribution in [0.2, 0.25) is 0 Å². The molecule has 2 rings (SSSR count). The van der Waals surface area contributed by atoms with Crippen molar-refractivity contribution in [3.8, 4) is 0 Å².